The van der Waals surface area contributed by atoms with Crippen molar-refractivity contribution >= 4 is 43.4 Å². The summed E-state index contributed by atoms with van der Waals surface area (Å²) in [7, 11) is -4.03. The van der Waals surface area contributed by atoms with Crippen molar-refractivity contribution < 1.29 is 27.4 Å². The molecule has 5 aliphatic rings. The van der Waals surface area contributed by atoms with E-state index in [2.05, 4.69) is 9.80 Å². The smallest absolute Gasteiger partial charge is 0.319 e. The molecule has 2 atom stereocenters. The first-order chi connectivity index (χ1) is 23.6. The number of primary sulfonamides is 1. The first kappa shape index (κ1) is 30.9. The lowest BCUT2D eigenvalue weighted by molar-refractivity contribution is -0.134. The fourth-order valence-corrected chi connectivity index (χ4v) is 10.2. The number of carbonyl (C=O) groups excluding carboxylic acids is 1. The number of amides is 1. The number of ether oxygens (including phenoxy) is 1. The summed E-state index contributed by atoms with van der Waals surface area (Å²) in [6, 6.07) is 13.9. The van der Waals surface area contributed by atoms with Crippen LogP contribution < -0.4 is 14.8 Å². The minimum Gasteiger partial charge on any atom is -0.508 e. The molecule has 5 fully saturated rings. The molecule has 1 saturated carbocycles. The van der Waals surface area contributed by atoms with E-state index in [-0.39, 0.29) is 47.7 Å². The minimum absolute atomic E-state index is 0.0378. The zero-order valence-corrected chi connectivity index (χ0v) is 28.0. The van der Waals surface area contributed by atoms with Gasteiger partial charge in [-0.3, -0.25) is 9.69 Å². The maximum Gasteiger partial charge on any atom is 0.319 e. The summed E-state index contributed by atoms with van der Waals surface area (Å²) < 4.78 is 46.6. The second-order valence-corrected chi connectivity index (χ2v) is 16.5. The normalized spacial score (nSPS) is 24.1. The van der Waals surface area contributed by atoms with E-state index in [9.17, 15) is 18.3 Å². The summed E-state index contributed by atoms with van der Waals surface area (Å²) >= 11 is 0. The number of anilines is 1. The number of nitrogens with two attached hydrogens (primary N) is 1. The van der Waals surface area contributed by atoms with E-state index in [0.29, 0.717) is 42.0 Å². The summed E-state index contributed by atoms with van der Waals surface area (Å²) in [4.78, 5) is 29.6. The van der Waals surface area contributed by atoms with Crippen LogP contribution in [-0.4, -0.2) is 94.4 Å². The van der Waals surface area contributed by atoms with Crippen molar-refractivity contribution in [1.29, 1.82) is 0 Å². The number of aromatic nitrogens is 2. The second-order valence-electron chi connectivity index (χ2n) is 14.6. The van der Waals surface area contributed by atoms with E-state index in [0.717, 1.165) is 62.4 Å². The van der Waals surface area contributed by atoms with Crippen molar-refractivity contribution in [2.75, 3.05) is 37.7 Å². The molecule has 11 nitrogen and oxygen atoms in total. The number of aromatic hydroxyl groups is 1. The van der Waals surface area contributed by atoms with Crippen molar-refractivity contribution in [2.24, 2.45) is 5.14 Å². The monoisotopic (exact) mass is 686 g/mol. The number of hydrogen-bond acceptors (Lipinski definition) is 9. The van der Waals surface area contributed by atoms with Crippen LogP contribution in [0.4, 0.5) is 10.2 Å². The number of hydrogen-bond donors (Lipinski definition) is 2. The highest BCUT2D eigenvalue weighted by molar-refractivity contribution is 7.91. The van der Waals surface area contributed by atoms with Crippen molar-refractivity contribution in [3.05, 3.63) is 54.3 Å². The predicted molar refractivity (Wildman–Crippen MR) is 183 cm³/mol. The molecule has 1 amide bonds. The molecule has 4 aliphatic heterocycles. The number of halogens is 1. The molecule has 256 valence electrons. The maximum atomic E-state index is 16.9. The van der Waals surface area contributed by atoms with E-state index in [1.807, 2.05) is 30.3 Å². The van der Waals surface area contributed by atoms with Crippen molar-refractivity contribution in [2.45, 2.75) is 73.7 Å². The van der Waals surface area contributed by atoms with Gasteiger partial charge in [0.15, 0.2) is 10.6 Å². The first-order valence-electron chi connectivity index (χ1n) is 17.3. The number of sulfonamides is 1. The Morgan fingerprint density at radius 2 is 1.67 bits per heavy atom. The molecular weight excluding hydrogens is 647 g/mol. The van der Waals surface area contributed by atoms with Crippen LogP contribution in [0.2, 0.25) is 0 Å². The average molecular weight is 687 g/mol. The topological polar surface area (TPSA) is 142 Å². The molecule has 4 saturated heterocycles. The van der Waals surface area contributed by atoms with Gasteiger partial charge in [-0.2, -0.15) is 9.97 Å². The Morgan fingerprint density at radius 1 is 0.959 bits per heavy atom. The van der Waals surface area contributed by atoms with Gasteiger partial charge < -0.3 is 19.6 Å². The van der Waals surface area contributed by atoms with E-state index in [1.165, 1.54) is 0 Å². The highest BCUT2D eigenvalue weighted by Gasteiger charge is 2.63. The third kappa shape index (κ3) is 4.79. The molecule has 1 aromatic heterocycles. The molecule has 0 unspecified atom stereocenters. The van der Waals surface area contributed by atoms with Crippen molar-refractivity contribution in [1.82, 2.24) is 19.8 Å². The second kappa shape index (κ2) is 11.0. The molecular formula is C36H39FN6O5S. The molecule has 5 heterocycles. The Balaban J connectivity index is 1.12. The van der Waals surface area contributed by atoms with Gasteiger partial charge in [-0.15, -0.1) is 0 Å². The van der Waals surface area contributed by atoms with Gasteiger partial charge >= 0.3 is 6.01 Å². The van der Waals surface area contributed by atoms with E-state index in [4.69, 9.17) is 19.8 Å². The molecule has 4 aromatic rings. The minimum atomic E-state index is -4.03. The quantitative estimate of drug-likeness (QED) is 0.291. The molecule has 0 radical (unpaired) electrons. The third-order valence-electron chi connectivity index (χ3n) is 11.8. The van der Waals surface area contributed by atoms with Crippen LogP contribution in [0.25, 0.3) is 32.8 Å². The summed E-state index contributed by atoms with van der Waals surface area (Å²) in [5.74, 6) is -0.376. The van der Waals surface area contributed by atoms with Crippen LogP contribution in [0.1, 0.15) is 51.4 Å². The van der Waals surface area contributed by atoms with Crippen LogP contribution >= 0.6 is 0 Å². The van der Waals surface area contributed by atoms with E-state index < -0.39 is 26.5 Å². The lowest BCUT2D eigenvalue weighted by Crippen LogP contribution is -2.60. The van der Waals surface area contributed by atoms with Gasteiger partial charge in [0, 0.05) is 36.1 Å². The highest BCUT2D eigenvalue weighted by atomic mass is 32.2. The largest absolute Gasteiger partial charge is 0.508 e. The van der Waals surface area contributed by atoms with Crippen LogP contribution in [0.3, 0.4) is 0 Å². The van der Waals surface area contributed by atoms with Crippen LogP contribution in [0.5, 0.6) is 11.8 Å². The summed E-state index contributed by atoms with van der Waals surface area (Å²) in [6.45, 7) is 3.32. The summed E-state index contributed by atoms with van der Waals surface area (Å²) in [5.41, 5.74) is 0.916. The summed E-state index contributed by atoms with van der Waals surface area (Å²) in [5, 5.41) is 18.2. The van der Waals surface area contributed by atoms with Gasteiger partial charge in [0.05, 0.1) is 5.54 Å². The Morgan fingerprint density at radius 3 is 2.37 bits per heavy atom. The number of phenolic OH excluding ortho intramolecular Hbond substituents is 1. The first-order valence-corrected chi connectivity index (χ1v) is 18.8. The van der Waals surface area contributed by atoms with Gasteiger partial charge in [0.2, 0.25) is 15.9 Å². The fraction of sp³-hybridized carbons (Fsp3) is 0.472. The lowest BCUT2D eigenvalue weighted by atomic mass is 9.95. The standard InChI is InChI=1S/C36H39FN6O5S/c37-30-27(29-18-25(44)17-22-5-1-2-6-26(22)29)9-10-28-31(30)39-34(48-21-35-11-3-15-42(35)16-4-12-35)40-32(28)41-19-23-7-8-24(20-41)43(23)33(45)36(13-14-36)49(38,46)47/h1-2,5-6,9-10,17-18,23-24,44H,3-4,7-8,11-16,19-21H2,(H2,38,46,47)/t23-,24+. The molecule has 1 aliphatic carbocycles. The molecule has 3 aromatic carbocycles. The van der Waals surface area contributed by atoms with E-state index >= 15 is 4.39 Å². The molecule has 3 N–H and O–H groups in total. The number of rotatable bonds is 7. The van der Waals surface area contributed by atoms with Gasteiger partial charge in [0.25, 0.3) is 0 Å². The van der Waals surface area contributed by atoms with Crippen LogP contribution in [-0.2, 0) is 14.8 Å². The molecule has 49 heavy (non-hydrogen) atoms. The fourth-order valence-electron chi connectivity index (χ4n) is 9.19. The van der Waals surface area contributed by atoms with Gasteiger partial charge in [-0.25, -0.2) is 17.9 Å². The van der Waals surface area contributed by atoms with Crippen molar-refractivity contribution in [3.8, 4) is 22.9 Å². The molecule has 2 bridgehead atoms. The SMILES string of the molecule is NS(=O)(=O)C1(C(=O)N2[C@@H]3CC[C@H]2CN(c2nc(OCC45CCCN4CCC5)nc4c(F)c(-c5cc(O)cc6ccccc56)ccc24)C3)CC1. The van der Waals surface area contributed by atoms with Gasteiger partial charge in [-0.1, -0.05) is 30.3 Å². The molecule has 9 rings (SSSR count). The Kier molecular flexibility index (Phi) is 6.93. The number of nitrogens with zero attached hydrogens (tertiary/aromatic N) is 5. The van der Waals surface area contributed by atoms with Gasteiger partial charge in [-0.05, 0) is 99.0 Å². The van der Waals surface area contributed by atoms with Crippen molar-refractivity contribution in [3.63, 3.8) is 0 Å². The Bertz CT molecular complexity index is 2120. The maximum absolute atomic E-state index is 16.9. The lowest BCUT2D eigenvalue weighted by Gasteiger charge is -2.43. The van der Waals surface area contributed by atoms with Gasteiger partial charge in [0.1, 0.15) is 23.7 Å². The Labute approximate surface area is 283 Å². The zero-order chi connectivity index (χ0) is 33.7. The molecule has 13 heteroatoms. The number of carbonyl (C=O) groups is 1. The molecule has 0 spiro atoms. The highest BCUT2D eigenvalue weighted by Crippen LogP contribution is 2.47. The van der Waals surface area contributed by atoms with Crippen LogP contribution in [0.15, 0.2) is 48.5 Å². The summed E-state index contributed by atoms with van der Waals surface area (Å²) in [6.07, 6.45) is 6.24. The number of phenols is 1. The average Bonchev–Trinajstić information content (AvgIpc) is 3.59. The Hall–Kier alpha value is -4.07. The third-order valence-corrected chi connectivity index (χ3v) is 13.5. The predicted octanol–water partition coefficient (Wildman–Crippen LogP) is 4.30. The zero-order valence-electron chi connectivity index (χ0n) is 27.1. The number of piperazine rings is 1. The number of benzene rings is 3. The van der Waals surface area contributed by atoms with E-state index in [1.54, 1.807) is 23.1 Å². The number of fused-ring (bicyclic) bond motifs is 5. The van der Waals surface area contributed by atoms with Crippen LogP contribution in [0, 0.1) is 5.82 Å².